The average molecular weight is 270 g/mol. The topological polar surface area (TPSA) is 16.1 Å². The lowest BCUT2D eigenvalue weighted by molar-refractivity contribution is 1.07. The van der Waals surface area contributed by atoms with E-state index in [4.69, 9.17) is 0 Å². The minimum absolute atomic E-state index is 0.408. The van der Waals surface area contributed by atoms with E-state index < -0.39 is 0 Å². The number of rotatable bonds is 1. The summed E-state index contributed by atoms with van der Waals surface area (Å²) in [4.78, 5) is 9.35. The van der Waals surface area contributed by atoms with Gasteiger partial charge in [-0.2, -0.15) is 0 Å². The number of nitrogens with zero attached hydrogens (tertiary/aromatic N) is 2. The summed E-state index contributed by atoms with van der Waals surface area (Å²) in [7, 11) is 0. The normalized spacial score (nSPS) is 20.6. The Bertz CT molecular complexity index is 625. The van der Waals surface area contributed by atoms with Gasteiger partial charge in [0.15, 0.2) is 0 Å². The first-order chi connectivity index (χ1) is 8.92. The number of anilines is 1. The predicted molar refractivity (Wildman–Crippen MR) is 78.4 cm³/mol. The van der Waals surface area contributed by atoms with E-state index in [2.05, 4.69) is 52.5 Å². The van der Waals surface area contributed by atoms with Crippen LogP contribution >= 0.6 is 23.5 Å². The van der Waals surface area contributed by atoms with Gasteiger partial charge in [0.25, 0.3) is 0 Å². The van der Waals surface area contributed by atoms with E-state index in [0.29, 0.717) is 4.71 Å². The summed E-state index contributed by atoms with van der Waals surface area (Å²) in [6.45, 7) is 0. The minimum Gasteiger partial charge on any atom is -0.309 e. The summed E-state index contributed by atoms with van der Waals surface area (Å²) in [6.07, 6.45) is 4.08. The molecule has 1 aromatic carbocycles. The van der Waals surface area contributed by atoms with Crippen LogP contribution in [0.1, 0.15) is 5.56 Å². The Morgan fingerprint density at radius 3 is 2.78 bits per heavy atom. The van der Waals surface area contributed by atoms with Crippen molar-refractivity contribution in [3.8, 4) is 0 Å². The summed E-state index contributed by atoms with van der Waals surface area (Å²) >= 11 is 3.78. The fourth-order valence-corrected chi connectivity index (χ4v) is 4.81. The van der Waals surface area contributed by atoms with Crippen molar-refractivity contribution in [2.45, 2.75) is 9.60 Å². The summed E-state index contributed by atoms with van der Waals surface area (Å²) in [5, 5.41) is 0. The molecular weight excluding hydrogens is 260 g/mol. The summed E-state index contributed by atoms with van der Waals surface area (Å²) in [5.41, 5.74) is 1.29. The fraction of sp³-hybridized carbons (Fsp3) is 0.0714. The van der Waals surface area contributed by atoms with Crippen LogP contribution in [-0.2, 0) is 0 Å². The number of hydrogen-bond acceptors (Lipinski definition) is 4. The number of benzene rings is 1. The lowest BCUT2D eigenvalue weighted by Gasteiger charge is -2.12. The van der Waals surface area contributed by atoms with Crippen LogP contribution < -0.4 is 4.90 Å². The van der Waals surface area contributed by atoms with Crippen LogP contribution in [0.5, 0.6) is 0 Å². The first-order valence-corrected chi connectivity index (χ1v) is 7.52. The van der Waals surface area contributed by atoms with Gasteiger partial charge in [-0.05, 0) is 17.7 Å². The molecule has 88 valence electrons. The molecule has 4 heteroatoms. The number of fused-ring (bicyclic) bond motifs is 3. The molecule has 0 N–H and O–H groups in total. The Hall–Kier alpha value is -1.39. The van der Waals surface area contributed by atoms with Crippen LogP contribution in [-0.4, -0.2) is 9.69 Å². The van der Waals surface area contributed by atoms with Gasteiger partial charge >= 0.3 is 0 Å². The number of hydrogen-bond donors (Lipinski definition) is 0. The number of thioether (sulfide) groups is 2. The maximum absolute atomic E-state index is 4.48. The molecule has 0 bridgehead atoms. The van der Waals surface area contributed by atoms with Crippen molar-refractivity contribution in [2.75, 3.05) is 4.90 Å². The number of pyridine rings is 1. The van der Waals surface area contributed by atoms with Gasteiger partial charge in [0.05, 0.1) is 4.90 Å². The standard InChI is InChI=1S/C14H10N2S2/c1-2-5-10(6-3-1)12-9-16-13-11(7-4-8-15-13)17-14(16)18-12/h1-9,14H. The molecule has 0 saturated carbocycles. The third-order valence-corrected chi connectivity index (χ3v) is 5.60. The highest BCUT2D eigenvalue weighted by Gasteiger charge is 2.36. The van der Waals surface area contributed by atoms with Crippen LogP contribution in [0.2, 0.25) is 0 Å². The Balaban J connectivity index is 1.74. The largest absolute Gasteiger partial charge is 0.309 e. The molecule has 1 atom stereocenters. The lowest BCUT2D eigenvalue weighted by atomic mass is 10.2. The second kappa shape index (κ2) is 4.07. The maximum Gasteiger partial charge on any atom is 0.148 e. The summed E-state index contributed by atoms with van der Waals surface area (Å²) in [6, 6.07) is 14.7. The third-order valence-electron chi connectivity index (χ3n) is 2.99. The van der Waals surface area contributed by atoms with Crippen LogP contribution in [0.4, 0.5) is 5.82 Å². The van der Waals surface area contributed by atoms with Crippen LogP contribution in [0.15, 0.2) is 59.8 Å². The molecule has 2 nitrogen and oxygen atoms in total. The van der Waals surface area contributed by atoms with Gasteiger partial charge in [-0.1, -0.05) is 53.9 Å². The van der Waals surface area contributed by atoms with Crippen LogP contribution in [0.3, 0.4) is 0 Å². The zero-order valence-electron chi connectivity index (χ0n) is 9.48. The highest BCUT2D eigenvalue weighted by Crippen LogP contribution is 2.54. The molecule has 2 aliphatic rings. The van der Waals surface area contributed by atoms with Gasteiger partial charge in [-0.25, -0.2) is 4.98 Å². The van der Waals surface area contributed by atoms with E-state index in [1.165, 1.54) is 15.4 Å². The molecule has 1 unspecified atom stereocenters. The second-order valence-electron chi connectivity index (χ2n) is 4.13. The molecule has 0 radical (unpaired) electrons. The zero-order valence-corrected chi connectivity index (χ0v) is 11.1. The molecule has 0 spiro atoms. The fourth-order valence-electron chi connectivity index (χ4n) is 2.15. The monoisotopic (exact) mass is 270 g/mol. The smallest absolute Gasteiger partial charge is 0.148 e. The molecule has 3 heterocycles. The van der Waals surface area contributed by atoms with Gasteiger partial charge in [-0.3, -0.25) is 0 Å². The van der Waals surface area contributed by atoms with E-state index in [-0.39, 0.29) is 0 Å². The highest BCUT2D eigenvalue weighted by atomic mass is 32.2. The first kappa shape index (κ1) is 10.5. The van der Waals surface area contributed by atoms with Crippen LogP contribution in [0.25, 0.3) is 4.91 Å². The van der Waals surface area contributed by atoms with E-state index >= 15 is 0 Å². The van der Waals surface area contributed by atoms with Gasteiger partial charge in [0.1, 0.15) is 10.5 Å². The number of aromatic nitrogens is 1. The molecule has 18 heavy (non-hydrogen) atoms. The van der Waals surface area contributed by atoms with Gasteiger partial charge in [0.2, 0.25) is 0 Å². The minimum atomic E-state index is 0.408. The molecule has 2 aliphatic heterocycles. The first-order valence-electron chi connectivity index (χ1n) is 5.76. The van der Waals surface area contributed by atoms with Crippen molar-refractivity contribution in [2.24, 2.45) is 0 Å². The molecule has 0 aliphatic carbocycles. The van der Waals surface area contributed by atoms with Crippen molar-refractivity contribution in [1.29, 1.82) is 0 Å². The molecular formula is C14H10N2S2. The Kier molecular flexibility index (Phi) is 2.38. The molecule has 0 saturated heterocycles. The average Bonchev–Trinajstić information content (AvgIpc) is 2.97. The summed E-state index contributed by atoms with van der Waals surface area (Å²) in [5.74, 6) is 1.09. The lowest BCUT2D eigenvalue weighted by Crippen LogP contribution is -2.15. The SMILES string of the molecule is C1=C(c2ccccc2)SC2Sc3cccnc3N12. The maximum atomic E-state index is 4.48. The molecule has 0 amide bonds. The van der Waals surface area contributed by atoms with E-state index in [1.54, 1.807) is 0 Å². The molecule has 2 aromatic rings. The molecule has 0 fully saturated rings. The summed E-state index contributed by atoms with van der Waals surface area (Å²) < 4.78 is 0.408. The van der Waals surface area contributed by atoms with E-state index in [1.807, 2.05) is 35.8 Å². The van der Waals surface area contributed by atoms with Gasteiger partial charge in [0, 0.05) is 17.3 Å². The predicted octanol–water partition coefficient (Wildman–Crippen LogP) is 4.02. The third kappa shape index (κ3) is 1.56. The van der Waals surface area contributed by atoms with E-state index in [0.717, 1.165) is 5.82 Å². The molecule has 4 rings (SSSR count). The Labute approximate surface area is 114 Å². The van der Waals surface area contributed by atoms with E-state index in [9.17, 15) is 0 Å². The van der Waals surface area contributed by atoms with Crippen molar-refractivity contribution in [3.63, 3.8) is 0 Å². The van der Waals surface area contributed by atoms with Crippen molar-refractivity contribution in [1.82, 2.24) is 4.98 Å². The van der Waals surface area contributed by atoms with Crippen molar-refractivity contribution >= 4 is 34.2 Å². The molecule has 1 aromatic heterocycles. The second-order valence-corrected chi connectivity index (χ2v) is 6.68. The quantitative estimate of drug-likeness (QED) is 0.777. The van der Waals surface area contributed by atoms with Crippen molar-refractivity contribution < 1.29 is 0 Å². The zero-order chi connectivity index (χ0) is 11.9. The van der Waals surface area contributed by atoms with Crippen LogP contribution in [0, 0.1) is 0 Å². The highest BCUT2D eigenvalue weighted by molar-refractivity contribution is 8.22. The van der Waals surface area contributed by atoms with Gasteiger partial charge < -0.3 is 4.90 Å². The van der Waals surface area contributed by atoms with Gasteiger partial charge in [-0.15, -0.1) is 0 Å². The van der Waals surface area contributed by atoms with Crippen molar-refractivity contribution in [3.05, 3.63) is 60.4 Å². The Morgan fingerprint density at radius 2 is 1.89 bits per heavy atom. The Morgan fingerprint density at radius 1 is 1.00 bits per heavy atom.